The molecule has 1 aliphatic rings. The summed E-state index contributed by atoms with van der Waals surface area (Å²) in [4.78, 5) is 7.16. The zero-order chi connectivity index (χ0) is 14.3. The Morgan fingerprint density at radius 3 is 2.85 bits per heavy atom. The van der Waals surface area contributed by atoms with Crippen LogP contribution in [-0.2, 0) is 19.5 Å². The van der Waals surface area contributed by atoms with Crippen LogP contribution in [0.15, 0.2) is 12.1 Å². The van der Waals surface area contributed by atoms with Gasteiger partial charge in [-0.3, -0.25) is 9.88 Å². The van der Waals surface area contributed by atoms with E-state index in [0.717, 1.165) is 48.2 Å². The number of pyridine rings is 1. The van der Waals surface area contributed by atoms with E-state index in [0.29, 0.717) is 16.6 Å². The summed E-state index contributed by atoms with van der Waals surface area (Å²) in [6.45, 7) is 5.64. The number of likely N-dealkylation sites (N-methyl/N-ethyl adjacent to an activating group) is 1. The summed E-state index contributed by atoms with van der Waals surface area (Å²) in [7, 11) is 0. The molecule has 20 heavy (non-hydrogen) atoms. The van der Waals surface area contributed by atoms with Crippen LogP contribution in [0.3, 0.4) is 0 Å². The minimum atomic E-state index is 0.482. The normalized spacial score (nSPS) is 15.6. The molecule has 0 radical (unpaired) electrons. The Kier molecular flexibility index (Phi) is 3.87. The lowest BCUT2D eigenvalue weighted by atomic mass is 9.96. The Morgan fingerprint density at radius 1 is 1.35 bits per heavy atom. The molecule has 3 rings (SSSR count). The third-order valence-electron chi connectivity index (χ3n) is 4.01. The number of benzene rings is 1. The molecule has 0 fully saturated rings. The molecule has 0 saturated heterocycles. The first-order valence-electron chi connectivity index (χ1n) is 6.85. The van der Waals surface area contributed by atoms with Gasteiger partial charge in [-0.1, -0.05) is 30.1 Å². The van der Waals surface area contributed by atoms with Crippen LogP contribution in [0.4, 0.5) is 0 Å². The molecule has 0 amide bonds. The molecule has 1 aromatic heterocycles. The first-order chi connectivity index (χ1) is 9.63. The predicted molar refractivity (Wildman–Crippen MR) is 84.3 cm³/mol. The van der Waals surface area contributed by atoms with Gasteiger partial charge in [0.25, 0.3) is 0 Å². The first kappa shape index (κ1) is 14.1. The molecule has 0 saturated carbocycles. The lowest BCUT2D eigenvalue weighted by Gasteiger charge is -2.29. The van der Waals surface area contributed by atoms with Gasteiger partial charge in [-0.25, -0.2) is 0 Å². The largest absolute Gasteiger partial charge is 0.326 e. The maximum absolute atomic E-state index is 6.29. The Hall–Kier alpha value is -0.870. The molecule has 0 spiro atoms. The van der Waals surface area contributed by atoms with Crippen LogP contribution in [0, 0.1) is 0 Å². The van der Waals surface area contributed by atoms with E-state index in [-0.39, 0.29) is 0 Å². The number of aromatic nitrogens is 1. The molecule has 1 aromatic carbocycles. The molecule has 0 atom stereocenters. The fourth-order valence-electron chi connectivity index (χ4n) is 2.91. The topological polar surface area (TPSA) is 42.2 Å². The second-order valence-corrected chi connectivity index (χ2v) is 5.97. The van der Waals surface area contributed by atoms with Crippen molar-refractivity contribution in [2.45, 2.75) is 26.4 Å². The quantitative estimate of drug-likeness (QED) is 0.924. The molecule has 106 valence electrons. The summed E-state index contributed by atoms with van der Waals surface area (Å²) in [6, 6.07) is 3.66. The average molecular weight is 310 g/mol. The zero-order valence-corrected chi connectivity index (χ0v) is 12.9. The van der Waals surface area contributed by atoms with E-state index in [1.54, 1.807) is 6.07 Å². The van der Waals surface area contributed by atoms with Crippen molar-refractivity contribution in [2.24, 2.45) is 5.73 Å². The van der Waals surface area contributed by atoms with Gasteiger partial charge >= 0.3 is 0 Å². The second kappa shape index (κ2) is 5.49. The van der Waals surface area contributed by atoms with Crippen molar-refractivity contribution in [3.63, 3.8) is 0 Å². The van der Waals surface area contributed by atoms with E-state index in [1.807, 2.05) is 6.07 Å². The molecule has 2 N–H and O–H groups in total. The minimum absolute atomic E-state index is 0.482. The molecule has 0 unspecified atom stereocenters. The maximum Gasteiger partial charge on any atom is 0.0895 e. The molecule has 1 aliphatic heterocycles. The number of hydrogen-bond donors (Lipinski definition) is 1. The van der Waals surface area contributed by atoms with E-state index in [1.165, 1.54) is 5.56 Å². The van der Waals surface area contributed by atoms with E-state index >= 15 is 0 Å². The zero-order valence-electron chi connectivity index (χ0n) is 11.4. The van der Waals surface area contributed by atoms with Gasteiger partial charge in [0.15, 0.2) is 0 Å². The highest BCUT2D eigenvalue weighted by Gasteiger charge is 2.22. The van der Waals surface area contributed by atoms with Crippen LogP contribution in [0.5, 0.6) is 0 Å². The Morgan fingerprint density at radius 2 is 2.15 bits per heavy atom. The van der Waals surface area contributed by atoms with E-state index in [2.05, 4.69) is 11.8 Å². The van der Waals surface area contributed by atoms with Crippen molar-refractivity contribution in [1.29, 1.82) is 0 Å². The van der Waals surface area contributed by atoms with Gasteiger partial charge in [0.05, 0.1) is 10.5 Å². The summed E-state index contributed by atoms with van der Waals surface area (Å²) in [5.41, 5.74) is 10.3. The lowest BCUT2D eigenvalue weighted by Crippen LogP contribution is -2.32. The van der Waals surface area contributed by atoms with Crippen LogP contribution >= 0.6 is 23.2 Å². The van der Waals surface area contributed by atoms with Crippen LogP contribution < -0.4 is 5.73 Å². The standard InChI is InChI=1S/C15H17Cl2N3/c1-2-20-4-3-14-12(8-20)11(7-18)10-5-9(16)6-13(17)15(10)19-14/h5-6H,2-4,7-8,18H2,1H3. The summed E-state index contributed by atoms with van der Waals surface area (Å²) < 4.78 is 0. The highest BCUT2D eigenvalue weighted by Crippen LogP contribution is 2.33. The molecule has 0 bridgehead atoms. The number of nitrogens with two attached hydrogens (primary N) is 1. The molecule has 2 aromatic rings. The van der Waals surface area contributed by atoms with E-state index < -0.39 is 0 Å². The lowest BCUT2D eigenvalue weighted by molar-refractivity contribution is 0.265. The van der Waals surface area contributed by atoms with Crippen LogP contribution in [0.2, 0.25) is 10.0 Å². The van der Waals surface area contributed by atoms with Crippen molar-refractivity contribution in [3.8, 4) is 0 Å². The molecule has 5 heteroatoms. The number of nitrogens with zero attached hydrogens (tertiary/aromatic N) is 2. The van der Waals surface area contributed by atoms with E-state index in [9.17, 15) is 0 Å². The van der Waals surface area contributed by atoms with E-state index in [4.69, 9.17) is 33.9 Å². The van der Waals surface area contributed by atoms with Crippen molar-refractivity contribution < 1.29 is 0 Å². The number of hydrogen-bond acceptors (Lipinski definition) is 3. The van der Waals surface area contributed by atoms with Crippen molar-refractivity contribution in [1.82, 2.24) is 9.88 Å². The van der Waals surface area contributed by atoms with Crippen LogP contribution in [0.25, 0.3) is 10.9 Å². The Bertz CT molecular complexity index is 670. The van der Waals surface area contributed by atoms with Gasteiger partial charge in [-0.2, -0.15) is 0 Å². The first-order valence-corrected chi connectivity index (χ1v) is 7.61. The van der Waals surface area contributed by atoms with Crippen LogP contribution in [-0.4, -0.2) is 23.0 Å². The minimum Gasteiger partial charge on any atom is -0.326 e. The molecule has 2 heterocycles. The van der Waals surface area contributed by atoms with Crippen molar-refractivity contribution >= 4 is 34.1 Å². The molecule has 0 aliphatic carbocycles. The fraction of sp³-hybridized carbons (Fsp3) is 0.400. The average Bonchev–Trinajstić information content (AvgIpc) is 2.44. The maximum atomic E-state index is 6.29. The van der Waals surface area contributed by atoms with Gasteiger partial charge in [0.1, 0.15) is 0 Å². The third-order valence-corrected chi connectivity index (χ3v) is 4.52. The fourth-order valence-corrected chi connectivity index (χ4v) is 3.45. The second-order valence-electron chi connectivity index (χ2n) is 5.12. The predicted octanol–water partition coefficient (Wildman–Crippen LogP) is 3.38. The smallest absolute Gasteiger partial charge is 0.0895 e. The van der Waals surface area contributed by atoms with Gasteiger partial charge in [0, 0.05) is 42.2 Å². The van der Waals surface area contributed by atoms with Gasteiger partial charge in [-0.05, 0) is 29.8 Å². The molecular formula is C15H17Cl2N3. The number of rotatable bonds is 2. The van der Waals surface area contributed by atoms with Gasteiger partial charge in [0.2, 0.25) is 0 Å². The van der Waals surface area contributed by atoms with Crippen LogP contribution in [0.1, 0.15) is 23.7 Å². The summed E-state index contributed by atoms with van der Waals surface area (Å²) >= 11 is 12.4. The highest BCUT2D eigenvalue weighted by atomic mass is 35.5. The highest BCUT2D eigenvalue weighted by molar-refractivity contribution is 6.38. The third kappa shape index (κ3) is 2.29. The Balaban J connectivity index is 2.28. The summed E-state index contributed by atoms with van der Waals surface area (Å²) in [6.07, 6.45) is 0.949. The van der Waals surface area contributed by atoms with Crippen molar-refractivity contribution in [2.75, 3.05) is 13.1 Å². The SMILES string of the molecule is CCN1CCc2nc3c(Cl)cc(Cl)cc3c(CN)c2C1. The Labute approximate surface area is 128 Å². The molecule has 3 nitrogen and oxygen atoms in total. The summed E-state index contributed by atoms with van der Waals surface area (Å²) in [5, 5.41) is 2.21. The molecular weight excluding hydrogens is 293 g/mol. The number of halogens is 2. The summed E-state index contributed by atoms with van der Waals surface area (Å²) in [5.74, 6) is 0. The van der Waals surface area contributed by atoms with Crippen molar-refractivity contribution in [3.05, 3.63) is 39.0 Å². The number of fused-ring (bicyclic) bond motifs is 2. The van der Waals surface area contributed by atoms with Gasteiger partial charge < -0.3 is 5.73 Å². The monoisotopic (exact) mass is 309 g/mol. The van der Waals surface area contributed by atoms with Gasteiger partial charge in [-0.15, -0.1) is 0 Å².